The van der Waals surface area contributed by atoms with Crippen molar-refractivity contribution in [2.45, 2.75) is 20.0 Å². The molecule has 3 N–H and O–H groups in total. The predicted molar refractivity (Wildman–Crippen MR) is 105 cm³/mol. The molecule has 7 heteroatoms. The molecular formula is C20H26FN3O3. The summed E-state index contributed by atoms with van der Waals surface area (Å²) in [4.78, 5) is 4.40. The molecule has 0 heterocycles. The highest BCUT2D eigenvalue weighted by Gasteiger charge is 2.09. The summed E-state index contributed by atoms with van der Waals surface area (Å²) in [7, 11) is 1.58. The second-order valence-corrected chi connectivity index (χ2v) is 5.71. The van der Waals surface area contributed by atoms with Crippen LogP contribution in [0.3, 0.4) is 0 Å². The van der Waals surface area contributed by atoms with Crippen molar-refractivity contribution >= 4 is 11.6 Å². The Kier molecular flexibility index (Phi) is 7.88. The first kappa shape index (κ1) is 20.5. The second kappa shape index (κ2) is 10.4. The summed E-state index contributed by atoms with van der Waals surface area (Å²) in [5.74, 6) is 1.46. The van der Waals surface area contributed by atoms with Crippen molar-refractivity contribution in [3.8, 4) is 11.5 Å². The van der Waals surface area contributed by atoms with Gasteiger partial charge in [-0.1, -0.05) is 12.1 Å². The van der Waals surface area contributed by atoms with Crippen molar-refractivity contribution in [2.24, 2.45) is 4.99 Å². The van der Waals surface area contributed by atoms with Gasteiger partial charge in [0.2, 0.25) is 0 Å². The molecule has 0 bridgehead atoms. The van der Waals surface area contributed by atoms with E-state index in [4.69, 9.17) is 9.47 Å². The van der Waals surface area contributed by atoms with Crippen molar-refractivity contribution in [3.05, 3.63) is 53.8 Å². The Morgan fingerprint density at radius 2 is 1.89 bits per heavy atom. The van der Waals surface area contributed by atoms with Crippen LogP contribution >= 0.6 is 0 Å². The number of nitrogens with zero attached hydrogens (tertiary/aromatic N) is 1. The number of aliphatic hydroxyl groups excluding tert-OH is 1. The van der Waals surface area contributed by atoms with Crippen LogP contribution in [0, 0.1) is 5.82 Å². The van der Waals surface area contributed by atoms with Crippen LogP contribution in [0.1, 0.15) is 25.5 Å². The van der Waals surface area contributed by atoms with Gasteiger partial charge < -0.3 is 25.2 Å². The molecule has 0 fully saturated rings. The van der Waals surface area contributed by atoms with Crippen molar-refractivity contribution < 1.29 is 19.0 Å². The number of hydrogen-bond acceptors (Lipinski definition) is 4. The first-order valence-corrected chi connectivity index (χ1v) is 8.87. The summed E-state index contributed by atoms with van der Waals surface area (Å²) in [5.41, 5.74) is 1.38. The number of rotatable bonds is 8. The molecule has 2 aromatic carbocycles. The smallest absolute Gasteiger partial charge is 0.195 e. The van der Waals surface area contributed by atoms with Gasteiger partial charge in [0, 0.05) is 18.3 Å². The van der Waals surface area contributed by atoms with Gasteiger partial charge in [-0.05, 0) is 43.7 Å². The minimum atomic E-state index is -0.823. The molecule has 0 aliphatic heterocycles. The first-order chi connectivity index (χ1) is 13.1. The average Bonchev–Trinajstić information content (AvgIpc) is 2.68. The molecule has 0 aromatic heterocycles. The van der Waals surface area contributed by atoms with Crippen molar-refractivity contribution in [2.75, 3.05) is 32.1 Å². The zero-order valence-corrected chi connectivity index (χ0v) is 15.8. The molecule has 2 aromatic rings. The summed E-state index contributed by atoms with van der Waals surface area (Å²) in [6, 6.07) is 11.2. The number of halogens is 1. The SMILES string of the molecule is CCNC(=NCC(O)c1ccc(F)cc1)Nc1ccc(OCC)c(OC)c1. The number of anilines is 1. The van der Waals surface area contributed by atoms with Crippen molar-refractivity contribution in [1.29, 1.82) is 0 Å². The summed E-state index contributed by atoms with van der Waals surface area (Å²) in [6.07, 6.45) is -0.823. The van der Waals surface area contributed by atoms with Crippen LogP contribution in [0.5, 0.6) is 11.5 Å². The zero-order valence-electron chi connectivity index (χ0n) is 15.8. The maximum absolute atomic E-state index is 13.0. The van der Waals surface area contributed by atoms with E-state index in [1.807, 2.05) is 32.0 Å². The van der Waals surface area contributed by atoms with Gasteiger partial charge in [-0.15, -0.1) is 0 Å². The monoisotopic (exact) mass is 375 g/mol. The molecule has 146 valence electrons. The molecule has 0 aliphatic rings. The standard InChI is InChI=1S/C20H26FN3O3/c1-4-22-20(23-13-17(25)14-6-8-15(21)9-7-14)24-16-10-11-18(27-5-2)19(12-16)26-3/h6-12,17,25H,4-5,13H2,1-3H3,(H2,22,23,24). The summed E-state index contributed by atoms with van der Waals surface area (Å²) >= 11 is 0. The van der Waals surface area contributed by atoms with Crippen LogP contribution in [0.4, 0.5) is 10.1 Å². The number of nitrogens with one attached hydrogen (secondary N) is 2. The minimum Gasteiger partial charge on any atom is -0.493 e. The molecule has 0 saturated carbocycles. The van der Waals surface area contributed by atoms with E-state index >= 15 is 0 Å². The normalized spacial score (nSPS) is 12.4. The fourth-order valence-corrected chi connectivity index (χ4v) is 2.43. The highest BCUT2D eigenvalue weighted by Crippen LogP contribution is 2.30. The molecule has 0 spiro atoms. The summed E-state index contributed by atoms with van der Waals surface area (Å²) < 4.78 is 23.9. The fraction of sp³-hybridized carbons (Fsp3) is 0.350. The number of hydrogen-bond donors (Lipinski definition) is 3. The molecule has 1 unspecified atom stereocenters. The molecule has 27 heavy (non-hydrogen) atoms. The number of ether oxygens (including phenoxy) is 2. The van der Waals surface area contributed by atoms with Crippen molar-refractivity contribution in [3.63, 3.8) is 0 Å². The number of benzene rings is 2. The van der Waals surface area contributed by atoms with Gasteiger partial charge in [-0.25, -0.2) is 9.38 Å². The molecule has 0 aliphatic carbocycles. The number of guanidine groups is 1. The first-order valence-electron chi connectivity index (χ1n) is 8.87. The largest absolute Gasteiger partial charge is 0.493 e. The van der Waals surface area contributed by atoms with Gasteiger partial charge in [0.15, 0.2) is 17.5 Å². The van der Waals surface area contributed by atoms with E-state index in [1.165, 1.54) is 12.1 Å². The lowest BCUT2D eigenvalue weighted by atomic mass is 10.1. The van der Waals surface area contributed by atoms with Crippen LogP contribution in [0.15, 0.2) is 47.5 Å². The third-order valence-corrected chi connectivity index (χ3v) is 3.75. The van der Waals surface area contributed by atoms with E-state index in [9.17, 15) is 9.50 Å². The topological polar surface area (TPSA) is 75.1 Å². The third-order valence-electron chi connectivity index (χ3n) is 3.75. The average molecular weight is 375 g/mol. The third kappa shape index (κ3) is 6.14. The Labute approximate surface area is 159 Å². The lowest BCUT2D eigenvalue weighted by Crippen LogP contribution is -2.31. The highest BCUT2D eigenvalue weighted by molar-refractivity contribution is 5.93. The van der Waals surface area contributed by atoms with Gasteiger partial charge >= 0.3 is 0 Å². The zero-order chi connectivity index (χ0) is 19.6. The Morgan fingerprint density at radius 1 is 1.15 bits per heavy atom. The molecule has 1 atom stereocenters. The Morgan fingerprint density at radius 3 is 2.52 bits per heavy atom. The van der Waals surface area contributed by atoms with Crippen LogP contribution in [0.2, 0.25) is 0 Å². The Balaban J connectivity index is 2.09. The van der Waals surface area contributed by atoms with Gasteiger partial charge in [-0.3, -0.25) is 0 Å². The molecule has 0 radical (unpaired) electrons. The molecule has 0 saturated heterocycles. The minimum absolute atomic E-state index is 0.134. The summed E-state index contributed by atoms with van der Waals surface area (Å²) in [5, 5.41) is 16.5. The van der Waals surface area contributed by atoms with E-state index in [0.29, 0.717) is 36.2 Å². The van der Waals surface area contributed by atoms with E-state index in [2.05, 4.69) is 15.6 Å². The fourth-order valence-electron chi connectivity index (χ4n) is 2.43. The van der Waals surface area contributed by atoms with E-state index in [1.54, 1.807) is 19.2 Å². The van der Waals surface area contributed by atoms with Gasteiger partial charge in [0.1, 0.15) is 5.82 Å². The maximum Gasteiger partial charge on any atom is 0.195 e. The quantitative estimate of drug-likeness (QED) is 0.487. The predicted octanol–water partition coefficient (Wildman–Crippen LogP) is 3.34. The van der Waals surface area contributed by atoms with Crippen molar-refractivity contribution in [1.82, 2.24) is 5.32 Å². The van der Waals surface area contributed by atoms with Crippen LogP contribution in [-0.2, 0) is 0 Å². The molecular weight excluding hydrogens is 349 g/mol. The lowest BCUT2D eigenvalue weighted by Gasteiger charge is -2.15. The highest BCUT2D eigenvalue weighted by atomic mass is 19.1. The van der Waals surface area contributed by atoms with E-state index in [0.717, 1.165) is 5.69 Å². The lowest BCUT2D eigenvalue weighted by molar-refractivity contribution is 0.187. The van der Waals surface area contributed by atoms with Gasteiger partial charge in [0.05, 0.1) is 26.4 Å². The molecule has 0 amide bonds. The second-order valence-electron chi connectivity index (χ2n) is 5.71. The van der Waals surface area contributed by atoms with Gasteiger partial charge in [0.25, 0.3) is 0 Å². The maximum atomic E-state index is 13.0. The van der Waals surface area contributed by atoms with Gasteiger partial charge in [-0.2, -0.15) is 0 Å². The van der Waals surface area contributed by atoms with Crippen LogP contribution in [-0.4, -0.2) is 37.9 Å². The summed E-state index contributed by atoms with van der Waals surface area (Å²) in [6.45, 7) is 5.20. The van der Waals surface area contributed by atoms with E-state index < -0.39 is 6.10 Å². The molecule has 6 nitrogen and oxygen atoms in total. The number of aliphatic imine (C=N–C) groups is 1. The van der Waals surface area contributed by atoms with E-state index in [-0.39, 0.29) is 12.4 Å². The van der Waals surface area contributed by atoms with Crippen LogP contribution in [0.25, 0.3) is 0 Å². The molecule has 2 rings (SSSR count). The Hall–Kier alpha value is -2.80. The number of methoxy groups -OCH3 is 1. The number of aliphatic hydroxyl groups is 1. The Bertz CT molecular complexity index is 751. The van der Waals surface area contributed by atoms with Crippen LogP contribution < -0.4 is 20.1 Å².